The van der Waals surface area contributed by atoms with Crippen LogP contribution in [-0.2, 0) is 11.2 Å². The molecule has 5 nitrogen and oxygen atoms in total. The molecular formula is C20H24N2O3. The molecule has 1 unspecified atom stereocenters. The zero-order chi connectivity index (χ0) is 18.7. The minimum Gasteiger partial charge on any atom is -0.506 e. The molecule has 0 aliphatic carbocycles. The van der Waals surface area contributed by atoms with E-state index in [0.717, 1.165) is 29.5 Å². The van der Waals surface area contributed by atoms with Gasteiger partial charge in [0.1, 0.15) is 11.3 Å². The van der Waals surface area contributed by atoms with Gasteiger partial charge in [-0.3, -0.25) is 0 Å². The Bertz CT molecular complexity index is 785. The SMILES string of the molecule is Cc1cc(C2C=C(C(=O)O)C(O)=CN2C)cc(C#N)c1CCC(C)C. The summed E-state index contributed by atoms with van der Waals surface area (Å²) >= 11 is 0. The molecule has 2 rings (SSSR count). The van der Waals surface area contributed by atoms with Crippen LogP contribution in [0.5, 0.6) is 0 Å². The van der Waals surface area contributed by atoms with Crippen molar-refractivity contribution in [1.29, 1.82) is 5.26 Å². The van der Waals surface area contributed by atoms with Crippen LogP contribution in [0.15, 0.2) is 35.7 Å². The molecule has 25 heavy (non-hydrogen) atoms. The summed E-state index contributed by atoms with van der Waals surface area (Å²) in [5.41, 5.74) is 3.44. The number of hydrogen-bond acceptors (Lipinski definition) is 4. The largest absolute Gasteiger partial charge is 0.506 e. The lowest BCUT2D eigenvalue weighted by Gasteiger charge is -2.29. The number of carboxylic acid groups (broad SMARTS) is 1. The number of nitriles is 1. The number of benzene rings is 1. The van der Waals surface area contributed by atoms with Crippen LogP contribution in [0.3, 0.4) is 0 Å². The molecule has 132 valence electrons. The van der Waals surface area contributed by atoms with Gasteiger partial charge < -0.3 is 15.1 Å². The first kappa shape index (κ1) is 18.6. The van der Waals surface area contributed by atoms with Crippen LogP contribution in [0.2, 0.25) is 0 Å². The summed E-state index contributed by atoms with van der Waals surface area (Å²) in [6.07, 6.45) is 4.78. The second-order valence-electron chi connectivity index (χ2n) is 6.92. The van der Waals surface area contributed by atoms with Gasteiger partial charge in [-0.15, -0.1) is 0 Å². The Morgan fingerprint density at radius 3 is 2.64 bits per heavy atom. The highest BCUT2D eigenvalue weighted by Gasteiger charge is 2.25. The third kappa shape index (κ3) is 4.03. The summed E-state index contributed by atoms with van der Waals surface area (Å²) in [5.74, 6) is -0.876. The zero-order valence-electron chi connectivity index (χ0n) is 15.1. The van der Waals surface area contributed by atoms with E-state index in [-0.39, 0.29) is 17.4 Å². The molecule has 1 aliphatic rings. The minimum atomic E-state index is -1.17. The van der Waals surface area contributed by atoms with Crippen LogP contribution in [0, 0.1) is 24.2 Å². The van der Waals surface area contributed by atoms with Crippen molar-refractivity contribution >= 4 is 5.97 Å². The monoisotopic (exact) mass is 340 g/mol. The fourth-order valence-electron chi connectivity index (χ4n) is 3.10. The van der Waals surface area contributed by atoms with E-state index in [4.69, 9.17) is 0 Å². The predicted octanol–water partition coefficient (Wildman–Crippen LogP) is 3.85. The molecule has 0 amide bonds. The maximum absolute atomic E-state index is 11.3. The van der Waals surface area contributed by atoms with Crippen molar-refractivity contribution in [1.82, 2.24) is 4.90 Å². The van der Waals surface area contributed by atoms with Crippen LogP contribution in [0.1, 0.15) is 48.6 Å². The lowest BCUT2D eigenvalue weighted by molar-refractivity contribution is -0.132. The van der Waals surface area contributed by atoms with Crippen molar-refractivity contribution in [2.24, 2.45) is 5.92 Å². The highest BCUT2D eigenvalue weighted by Crippen LogP contribution is 2.32. The van der Waals surface area contributed by atoms with Crippen LogP contribution in [-0.4, -0.2) is 28.1 Å². The van der Waals surface area contributed by atoms with E-state index in [1.165, 1.54) is 12.3 Å². The van der Waals surface area contributed by atoms with Crippen molar-refractivity contribution < 1.29 is 15.0 Å². The fourth-order valence-corrected chi connectivity index (χ4v) is 3.10. The van der Waals surface area contributed by atoms with Gasteiger partial charge in [0.25, 0.3) is 0 Å². The molecule has 2 N–H and O–H groups in total. The Labute approximate surface area is 148 Å². The van der Waals surface area contributed by atoms with E-state index in [9.17, 15) is 20.3 Å². The first-order chi connectivity index (χ1) is 11.7. The second kappa shape index (κ2) is 7.43. The average molecular weight is 340 g/mol. The molecule has 0 fully saturated rings. The molecule has 1 aromatic rings. The van der Waals surface area contributed by atoms with Gasteiger partial charge in [0.2, 0.25) is 0 Å². The number of rotatable bonds is 5. The van der Waals surface area contributed by atoms with Crippen molar-refractivity contribution in [2.75, 3.05) is 7.05 Å². The first-order valence-electron chi connectivity index (χ1n) is 8.36. The van der Waals surface area contributed by atoms with Crippen molar-refractivity contribution in [2.45, 2.75) is 39.7 Å². The molecule has 1 atom stereocenters. The fraction of sp³-hybridized carbons (Fsp3) is 0.400. The maximum Gasteiger partial charge on any atom is 0.339 e. The van der Waals surface area contributed by atoms with Crippen LogP contribution in [0.25, 0.3) is 0 Å². The second-order valence-corrected chi connectivity index (χ2v) is 6.92. The summed E-state index contributed by atoms with van der Waals surface area (Å²) < 4.78 is 0. The smallest absolute Gasteiger partial charge is 0.339 e. The molecule has 1 heterocycles. The average Bonchev–Trinajstić information content (AvgIpc) is 2.52. The number of hydrogen-bond donors (Lipinski definition) is 2. The molecule has 0 bridgehead atoms. The molecule has 1 aliphatic heterocycles. The van der Waals surface area contributed by atoms with Crippen molar-refractivity contribution in [3.05, 3.63) is 58.0 Å². The minimum absolute atomic E-state index is 0.122. The Balaban J connectivity index is 2.45. The number of aliphatic hydroxyl groups is 1. The van der Waals surface area contributed by atoms with Crippen LogP contribution in [0.4, 0.5) is 0 Å². The number of aliphatic carboxylic acids is 1. The molecule has 0 radical (unpaired) electrons. The molecule has 5 heteroatoms. The van der Waals surface area contributed by atoms with Gasteiger partial charge in [0.15, 0.2) is 0 Å². The summed E-state index contributed by atoms with van der Waals surface area (Å²) in [6.45, 7) is 6.30. The van der Waals surface area contributed by atoms with Gasteiger partial charge in [-0.2, -0.15) is 5.26 Å². The van der Waals surface area contributed by atoms with Gasteiger partial charge in [-0.05, 0) is 54.5 Å². The summed E-state index contributed by atoms with van der Waals surface area (Å²) in [7, 11) is 1.77. The van der Waals surface area contributed by atoms with Crippen molar-refractivity contribution in [3.63, 3.8) is 0 Å². The molecule has 0 spiro atoms. The number of carbonyl (C=O) groups is 1. The summed E-state index contributed by atoms with van der Waals surface area (Å²) in [5, 5.41) is 28.6. The highest BCUT2D eigenvalue weighted by atomic mass is 16.4. The van der Waals surface area contributed by atoms with E-state index in [2.05, 4.69) is 19.9 Å². The summed E-state index contributed by atoms with van der Waals surface area (Å²) in [4.78, 5) is 13.0. The number of nitrogens with zero attached hydrogens (tertiary/aromatic N) is 2. The van der Waals surface area contributed by atoms with Gasteiger partial charge in [-0.1, -0.05) is 19.9 Å². The predicted molar refractivity (Wildman–Crippen MR) is 96.0 cm³/mol. The Morgan fingerprint density at radius 2 is 2.08 bits per heavy atom. The molecule has 1 aromatic carbocycles. The maximum atomic E-state index is 11.3. The standard InChI is InChI=1S/C20H24N2O3/c1-12(2)5-6-16-13(3)7-14(8-15(16)10-21)18-9-17(20(24)25)19(23)11-22(18)4/h7-9,11-12,18,23H,5-6H2,1-4H3,(H,24,25). The van der Waals surface area contributed by atoms with Gasteiger partial charge in [0, 0.05) is 13.2 Å². The Kier molecular flexibility index (Phi) is 5.53. The highest BCUT2D eigenvalue weighted by molar-refractivity contribution is 5.91. The quantitative estimate of drug-likeness (QED) is 0.850. The first-order valence-corrected chi connectivity index (χ1v) is 8.36. The normalized spacial score (nSPS) is 17.1. The van der Waals surface area contributed by atoms with Gasteiger partial charge >= 0.3 is 5.97 Å². The molecule has 0 saturated carbocycles. The summed E-state index contributed by atoms with van der Waals surface area (Å²) in [6, 6.07) is 5.77. The number of carboxylic acids is 1. The van der Waals surface area contributed by atoms with E-state index in [0.29, 0.717) is 11.5 Å². The van der Waals surface area contributed by atoms with Gasteiger partial charge in [0.05, 0.1) is 17.7 Å². The molecule has 0 aromatic heterocycles. The van der Waals surface area contributed by atoms with E-state index in [1.807, 2.05) is 19.1 Å². The topological polar surface area (TPSA) is 84.6 Å². The third-order valence-corrected chi connectivity index (χ3v) is 4.52. The van der Waals surface area contributed by atoms with Crippen molar-refractivity contribution in [3.8, 4) is 6.07 Å². The van der Waals surface area contributed by atoms with E-state index >= 15 is 0 Å². The van der Waals surface area contributed by atoms with Crippen LogP contribution >= 0.6 is 0 Å². The number of likely N-dealkylation sites (N-methyl/N-ethyl adjacent to an activating group) is 1. The van der Waals surface area contributed by atoms with E-state index in [1.54, 1.807) is 11.9 Å². The Hall–Kier alpha value is -2.74. The van der Waals surface area contributed by atoms with Crippen LogP contribution < -0.4 is 0 Å². The third-order valence-electron chi connectivity index (χ3n) is 4.52. The van der Waals surface area contributed by atoms with Gasteiger partial charge in [-0.25, -0.2) is 4.79 Å². The Morgan fingerprint density at radius 1 is 1.40 bits per heavy atom. The lowest BCUT2D eigenvalue weighted by atomic mass is 9.90. The lowest BCUT2D eigenvalue weighted by Crippen LogP contribution is -2.24. The molecular weight excluding hydrogens is 316 g/mol. The molecule has 0 saturated heterocycles. The zero-order valence-corrected chi connectivity index (χ0v) is 15.1. The number of aryl methyl sites for hydroxylation is 1. The van der Waals surface area contributed by atoms with E-state index < -0.39 is 5.97 Å². The number of aliphatic hydroxyl groups excluding tert-OH is 1.